The molecule has 0 unspecified atom stereocenters. The molecule has 0 aromatic carbocycles. The molecule has 5 heteroatoms. The van der Waals surface area contributed by atoms with Crippen molar-refractivity contribution >= 4 is 27.4 Å². The second-order valence-corrected chi connectivity index (χ2v) is 6.02. The van der Waals surface area contributed by atoms with Gasteiger partial charge in [-0.25, -0.2) is 9.97 Å². The smallest absolute Gasteiger partial charge is 0.138 e. The predicted octanol–water partition coefficient (Wildman–Crippen LogP) is 2.59. The highest BCUT2D eigenvalue weighted by Gasteiger charge is 2.12. The first-order chi connectivity index (χ1) is 8.49. The molecule has 0 radical (unpaired) electrons. The summed E-state index contributed by atoms with van der Waals surface area (Å²) in [5.74, 6) is 1.80. The van der Waals surface area contributed by atoms with E-state index in [9.17, 15) is 0 Å². The third kappa shape index (κ3) is 2.62. The Morgan fingerprint density at radius 2 is 1.89 bits per heavy atom. The summed E-state index contributed by atoms with van der Waals surface area (Å²) in [6, 6.07) is 0. The zero-order chi connectivity index (χ0) is 13.3. The monoisotopic (exact) mass is 264 g/mol. The molecule has 2 aromatic rings. The summed E-state index contributed by atoms with van der Waals surface area (Å²) in [4.78, 5) is 13.6. The van der Waals surface area contributed by atoms with Gasteiger partial charge < -0.3 is 10.2 Å². The average Bonchev–Trinajstić information content (AvgIpc) is 2.53. The SMILES string of the molecule is Cc1nc(NCCN(C)C)c2c(C)c(C)sc2n1. The molecule has 2 aromatic heterocycles. The van der Waals surface area contributed by atoms with E-state index < -0.39 is 0 Å². The van der Waals surface area contributed by atoms with Crippen molar-refractivity contribution in [3.05, 3.63) is 16.3 Å². The van der Waals surface area contributed by atoms with Gasteiger partial charge in [0.05, 0.1) is 5.39 Å². The summed E-state index contributed by atoms with van der Waals surface area (Å²) in [5, 5.41) is 4.61. The molecule has 2 rings (SSSR count). The molecular formula is C13H20N4S. The molecule has 0 saturated carbocycles. The van der Waals surface area contributed by atoms with Crippen molar-refractivity contribution in [1.82, 2.24) is 14.9 Å². The van der Waals surface area contributed by atoms with Crippen LogP contribution in [0.3, 0.4) is 0 Å². The molecular weight excluding hydrogens is 244 g/mol. The van der Waals surface area contributed by atoms with Gasteiger partial charge in [0, 0.05) is 18.0 Å². The van der Waals surface area contributed by atoms with Crippen molar-refractivity contribution in [2.75, 3.05) is 32.5 Å². The molecule has 18 heavy (non-hydrogen) atoms. The molecule has 98 valence electrons. The zero-order valence-electron chi connectivity index (χ0n) is 11.7. The lowest BCUT2D eigenvalue weighted by atomic mass is 10.2. The fourth-order valence-corrected chi connectivity index (χ4v) is 2.96. The number of nitrogens with one attached hydrogen (secondary N) is 1. The number of aryl methyl sites for hydroxylation is 3. The van der Waals surface area contributed by atoms with Crippen LogP contribution in [-0.4, -0.2) is 42.1 Å². The first kappa shape index (κ1) is 13.2. The molecule has 0 aliphatic carbocycles. The van der Waals surface area contributed by atoms with Gasteiger partial charge in [-0.05, 0) is 40.4 Å². The van der Waals surface area contributed by atoms with E-state index in [1.807, 2.05) is 6.92 Å². The first-order valence-corrected chi connectivity index (χ1v) is 6.93. The number of hydrogen-bond donors (Lipinski definition) is 1. The van der Waals surface area contributed by atoms with Gasteiger partial charge >= 0.3 is 0 Å². The number of fused-ring (bicyclic) bond motifs is 1. The minimum absolute atomic E-state index is 0.830. The molecule has 0 aliphatic rings. The second kappa shape index (κ2) is 5.20. The topological polar surface area (TPSA) is 41.1 Å². The molecule has 0 saturated heterocycles. The summed E-state index contributed by atoms with van der Waals surface area (Å²) >= 11 is 1.75. The van der Waals surface area contributed by atoms with Gasteiger partial charge in [-0.1, -0.05) is 0 Å². The van der Waals surface area contributed by atoms with Gasteiger partial charge in [0.25, 0.3) is 0 Å². The number of thiophene rings is 1. The lowest BCUT2D eigenvalue weighted by molar-refractivity contribution is 0.425. The van der Waals surface area contributed by atoms with Gasteiger partial charge in [0.2, 0.25) is 0 Å². The Kier molecular flexibility index (Phi) is 3.82. The van der Waals surface area contributed by atoms with Crippen LogP contribution in [-0.2, 0) is 0 Å². The number of rotatable bonds is 4. The second-order valence-electron chi connectivity index (χ2n) is 4.81. The van der Waals surface area contributed by atoms with Crippen LogP contribution in [0.5, 0.6) is 0 Å². The highest BCUT2D eigenvalue weighted by molar-refractivity contribution is 7.18. The molecule has 0 aliphatic heterocycles. The van der Waals surface area contributed by atoms with Crippen LogP contribution in [0.4, 0.5) is 5.82 Å². The van der Waals surface area contributed by atoms with Crippen LogP contribution in [0.2, 0.25) is 0 Å². The third-order valence-electron chi connectivity index (χ3n) is 2.99. The first-order valence-electron chi connectivity index (χ1n) is 6.12. The van der Waals surface area contributed by atoms with Crippen LogP contribution in [0.25, 0.3) is 10.2 Å². The van der Waals surface area contributed by atoms with E-state index in [0.717, 1.165) is 29.6 Å². The number of likely N-dealkylation sites (N-methyl/N-ethyl adjacent to an activating group) is 1. The van der Waals surface area contributed by atoms with Crippen molar-refractivity contribution in [3.8, 4) is 0 Å². The van der Waals surface area contributed by atoms with Crippen LogP contribution in [0, 0.1) is 20.8 Å². The summed E-state index contributed by atoms with van der Waals surface area (Å²) < 4.78 is 0. The number of nitrogens with zero attached hydrogens (tertiary/aromatic N) is 3. The molecule has 4 nitrogen and oxygen atoms in total. The maximum Gasteiger partial charge on any atom is 0.138 e. The largest absolute Gasteiger partial charge is 0.368 e. The van der Waals surface area contributed by atoms with Gasteiger partial charge in [-0.3, -0.25) is 0 Å². The predicted molar refractivity (Wildman–Crippen MR) is 78.7 cm³/mol. The molecule has 0 atom stereocenters. The highest BCUT2D eigenvalue weighted by atomic mass is 32.1. The van der Waals surface area contributed by atoms with Crippen molar-refractivity contribution in [2.45, 2.75) is 20.8 Å². The number of anilines is 1. The third-order valence-corrected chi connectivity index (χ3v) is 4.09. The van der Waals surface area contributed by atoms with E-state index in [1.54, 1.807) is 11.3 Å². The molecule has 0 fully saturated rings. The maximum atomic E-state index is 4.54. The quantitative estimate of drug-likeness (QED) is 0.921. The number of aromatic nitrogens is 2. The standard InChI is InChI=1S/C13H20N4S/c1-8-9(2)18-13-11(8)12(15-10(3)16-13)14-6-7-17(4)5/h6-7H2,1-5H3,(H,14,15,16). The summed E-state index contributed by atoms with van der Waals surface area (Å²) in [6.07, 6.45) is 0. The highest BCUT2D eigenvalue weighted by Crippen LogP contribution is 2.32. The Balaban J connectivity index is 2.36. The van der Waals surface area contributed by atoms with E-state index in [4.69, 9.17) is 0 Å². The fourth-order valence-electron chi connectivity index (χ4n) is 1.88. The summed E-state index contributed by atoms with van der Waals surface area (Å²) in [5.41, 5.74) is 1.29. The van der Waals surface area contributed by atoms with E-state index in [2.05, 4.69) is 48.1 Å². The van der Waals surface area contributed by atoms with E-state index in [0.29, 0.717) is 0 Å². The van der Waals surface area contributed by atoms with E-state index in [1.165, 1.54) is 15.8 Å². The Bertz CT molecular complexity index is 560. The van der Waals surface area contributed by atoms with Crippen LogP contribution in [0.1, 0.15) is 16.3 Å². The molecule has 0 bridgehead atoms. The van der Waals surface area contributed by atoms with Crippen LogP contribution >= 0.6 is 11.3 Å². The van der Waals surface area contributed by atoms with Crippen molar-refractivity contribution in [2.24, 2.45) is 0 Å². The average molecular weight is 264 g/mol. The molecule has 0 amide bonds. The minimum atomic E-state index is 0.830. The van der Waals surface area contributed by atoms with Gasteiger partial charge in [0.1, 0.15) is 16.5 Å². The fraction of sp³-hybridized carbons (Fsp3) is 0.538. The van der Waals surface area contributed by atoms with Crippen LogP contribution in [0.15, 0.2) is 0 Å². The van der Waals surface area contributed by atoms with Crippen molar-refractivity contribution < 1.29 is 0 Å². The maximum absolute atomic E-state index is 4.54. The molecule has 2 heterocycles. The molecule has 1 N–H and O–H groups in total. The minimum Gasteiger partial charge on any atom is -0.368 e. The lowest BCUT2D eigenvalue weighted by Gasteiger charge is -2.12. The van der Waals surface area contributed by atoms with Crippen LogP contribution < -0.4 is 5.32 Å². The number of hydrogen-bond acceptors (Lipinski definition) is 5. The Morgan fingerprint density at radius 3 is 2.56 bits per heavy atom. The normalized spacial score (nSPS) is 11.4. The Morgan fingerprint density at radius 1 is 1.17 bits per heavy atom. The molecule has 0 spiro atoms. The van der Waals surface area contributed by atoms with Gasteiger partial charge in [-0.2, -0.15) is 0 Å². The zero-order valence-corrected chi connectivity index (χ0v) is 12.5. The van der Waals surface area contributed by atoms with Gasteiger partial charge in [-0.15, -0.1) is 11.3 Å². The van der Waals surface area contributed by atoms with E-state index >= 15 is 0 Å². The van der Waals surface area contributed by atoms with Crippen molar-refractivity contribution in [3.63, 3.8) is 0 Å². The Hall–Kier alpha value is -1.20. The van der Waals surface area contributed by atoms with Crippen molar-refractivity contribution in [1.29, 1.82) is 0 Å². The van der Waals surface area contributed by atoms with Gasteiger partial charge in [0.15, 0.2) is 0 Å². The van der Waals surface area contributed by atoms with E-state index in [-0.39, 0.29) is 0 Å². The Labute approximate surface area is 112 Å². The lowest BCUT2D eigenvalue weighted by Crippen LogP contribution is -2.21. The summed E-state index contributed by atoms with van der Waals surface area (Å²) in [6.45, 7) is 8.12. The summed E-state index contributed by atoms with van der Waals surface area (Å²) in [7, 11) is 4.14.